The summed E-state index contributed by atoms with van der Waals surface area (Å²) in [6, 6.07) is 8.25. The lowest BCUT2D eigenvalue weighted by Gasteiger charge is -2.23. The number of carbonyl (C=O) groups excluding carboxylic acids is 1. The summed E-state index contributed by atoms with van der Waals surface area (Å²) in [6.45, 7) is 9.66. The van der Waals surface area contributed by atoms with Crippen LogP contribution in [0.5, 0.6) is 5.75 Å². The molecule has 24 heavy (non-hydrogen) atoms. The van der Waals surface area contributed by atoms with Crippen LogP contribution in [0.4, 0.5) is 0 Å². The molecule has 1 aliphatic heterocycles. The standard InChI is InChI=1S/C18H28N2O3.ClH/c1-18(2,3)14-4-6-16(7-5-14)23-11-9-20-17(21)12-15-13-22-10-8-19-15;/h4-7,15,19H,8-13H2,1-3H3,(H,20,21);1H. The van der Waals surface area contributed by atoms with Crippen molar-refractivity contribution in [1.82, 2.24) is 10.6 Å². The second kappa shape index (κ2) is 9.87. The monoisotopic (exact) mass is 356 g/mol. The van der Waals surface area contributed by atoms with Gasteiger partial charge in [0.2, 0.25) is 5.91 Å². The van der Waals surface area contributed by atoms with Crippen LogP contribution in [-0.4, -0.2) is 44.9 Å². The summed E-state index contributed by atoms with van der Waals surface area (Å²) in [4.78, 5) is 11.8. The number of hydrogen-bond donors (Lipinski definition) is 2. The molecule has 1 aromatic carbocycles. The molecule has 6 heteroatoms. The van der Waals surface area contributed by atoms with Crippen molar-refractivity contribution in [3.05, 3.63) is 29.8 Å². The number of nitrogens with one attached hydrogen (secondary N) is 2. The number of carbonyl (C=O) groups is 1. The average Bonchev–Trinajstić information content (AvgIpc) is 2.52. The van der Waals surface area contributed by atoms with Gasteiger partial charge in [0.05, 0.1) is 19.8 Å². The highest BCUT2D eigenvalue weighted by Gasteiger charge is 2.16. The van der Waals surface area contributed by atoms with Gasteiger partial charge in [0.25, 0.3) is 0 Å². The zero-order valence-corrected chi connectivity index (χ0v) is 15.6. The third-order valence-electron chi connectivity index (χ3n) is 3.84. The van der Waals surface area contributed by atoms with Gasteiger partial charge in [0.15, 0.2) is 0 Å². The molecule has 136 valence electrons. The molecule has 0 bridgehead atoms. The number of ether oxygens (including phenoxy) is 2. The summed E-state index contributed by atoms with van der Waals surface area (Å²) in [5.74, 6) is 0.856. The van der Waals surface area contributed by atoms with Gasteiger partial charge in [-0.2, -0.15) is 0 Å². The Morgan fingerprint density at radius 1 is 1.33 bits per heavy atom. The fourth-order valence-electron chi connectivity index (χ4n) is 2.46. The van der Waals surface area contributed by atoms with Gasteiger partial charge in [-0.1, -0.05) is 32.9 Å². The largest absolute Gasteiger partial charge is 0.492 e. The van der Waals surface area contributed by atoms with Gasteiger partial charge in [-0.05, 0) is 23.1 Å². The van der Waals surface area contributed by atoms with Gasteiger partial charge in [-0.15, -0.1) is 12.4 Å². The average molecular weight is 357 g/mol. The van der Waals surface area contributed by atoms with Gasteiger partial charge in [0, 0.05) is 19.0 Å². The van der Waals surface area contributed by atoms with E-state index in [-0.39, 0.29) is 29.8 Å². The van der Waals surface area contributed by atoms with E-state index in [0.717, 1.165) is 18.9 Å². The smallest absolute Gasteiger partial charge is 0.221 e. The van der Waals surface area contributed by atoms with Crippen LogP contribution in [0.3, 0.4) is 0 Å². The zero-order valence-electron chi connectivity index (χ0n) is 14.8. The molecular weight excluding hydrogens is 328 g/mol. The van der Waals surface area contributed by atoms with Crippen molar-refractivity contribution < 1.29 is 14.3 Å². The van der Waals surface area contributed by atoms with Crippen LogP contribution in [0.1, 0.15) is 32.8 Å². The maximum atomic E-state index is 11.8. The van der Waals surface area contributed by atoms with E-state index in [9.17, 15) is 4.79 Å². The van der Waals surface area contributed by atoms with Crippen molar-refractivity contribution in [2.75, 3.05) is 32.9 Å². The maximum absolute atomic E-state index is 11.8. The summed E-state index contributed by atoms with van der Waals surface area (Å²) in [5, 5.41) is 6.14. The normalized spacial score (nSPS) is 17.7. The second-order valence-corrected chi connectivity index (χ2v) is 6.90. The van der Waals surface area contributed by atoms with Gasteiger partial charge in [0.1, 0.15) is 12.4 Å². The summed E-state index contributed by atoms with van der Waals surface area (Å²) in [5.41, 5.74) is 1.42. The first-order chi connectivity index (χ1) is 10.9. The van der Waals surface area contributed by atoms with Crippen LogP contribution in [0, 0.1) is 0 Å². The van der Waals surface area contributed by atoms with E-state index in [2.05, 4.69) is 43.5 Å². The SMILES string of the molecule is CC(C)(C)c1ccc(OCCNC(=O)CC2COCCN2)cc1.Cl. The topological polar surface area (TPSA) is 59.6 Å². The molecule has 1 amide bonds. The lowest BCUT2D eigenvalue weighted by molar-refractivity contribution is -0.122. The highest BCUT2D eigenvalue weighted by Crippen LogP contribution is 2.24. The lowest BCUT2D eigenvalue weighted by atomic mass is 9.87. The van der Waals surface area contributed by atoms with Crippen molar-refractivity contribution >= 4 is 18.3 Å². The molecule has 1 atom stereocenters. The fourth-order valence-corrected chi connectivity index (χ4v) is 2.46. The number of morpholine rings is 1. The number of rotatable bonds is 6. The molecular formula is C18H29ClN2O3. The molecule has 0 radical (unpaired) electrons. The molecule has 1 unspecified atom stereocenters. The van der Waals surface area contributed by atoms with Gasteiger partial charge in [-0.25, -0.2) is 0 Å². The third kappa shape index (κ3) is 7.07. The summed E-state index contributed by atoms with van der Waals surface area (Å²) in [6.07, 6.45) is 0.445. The van der Waals surface area contributed by atoms with Crippen molar-refractivity contribution in [3.63, 3.8) is 0 Å². The Morgan fingerprint density at radius 3 is 2.62 bits per heavy atom. The summed E-state index contributed by atoms with van der Waals surface area (Å²) < 4.78 is 11.0. The molecule has 1 fully saturated rings. The lowest BCUT2D eigenvalue weighted by Crippen LogP contribution is -2.44. The minimum atomic E-state index is 0. The van der Waals surface area contributed by atoms with Crippen LogP contribution in [0.2, 0.25) is 0 Å². The van der Waals surface area contributed by atoms with Crippen LogP contribution in [-0.2, 0) is 14.9 Å². The van der Waals surface area contributed by atoms with Crippen molar-refractivity contribution in [2.45, 2.75) is 38.6 Å². The van der Waals surface area contributed by atoms with E-state index < -0.39 is 0 Å². The molecule has 1 aliphatic rings. The third-order valence-corrected chi connectivity index (χ3v) is 3.84. The fraction of sp³-hybridized carbons (Fsp3) is 0.611. The Kier molecular flexibility index (Phi) is 8.53. The molecule has 0 spiro atoms. The van der Waals surface area contributed by atoms with Crippen molar-refractivity contribution in [1.29, 1.82) is 0 Å². The van der Waals surface area contributed by atoms with Crippen molar-refractivity contribution in [3.8, 4) is 5.75 Å². The maximum Gasteiger partial charge on any atom is 0.221 e. The number of hydrogen-bond acceptors (Lipinski definition) is 4. The molecule has 5 nitrogen and oxygen atoms in total. The van der Waals surface area contributed by atoms with E-state index >= 15 is 0 Å². The molecule has 0 aromatic heterocycles. The van der Waals surface area contributed by atoms with Crippen molar-refractivity contribution in [2.24, 2.45) is 0 Å². The molecule has 2 N–H and O–H groups in total. The molecule has 1 heterocycles. The minimum Gasteiger partial charge on any atom is -0.492 e. The Morgan fingerprint density at radius 2 is 2.04 bits per heavy atom. The zero-order chi connectivity index (χ0) is 16.7. The van der Waals surface area contributed by atoms with E-state index in [1.807, 2.05) is 12.1 Å². The van der Waals surface area contributed by atoms with E-state index in [1.54, 1.807) is 0 Å². The van der Waals surface area contributed by atoms with E-state index in [4.69, 9.17) is 9.47 Å². The number of amides is 1. The quantitative estimate of drug-likeness (QED) is 0.768. The first-order valence-electron chi connectivity index (χ1n) is 8.26. The van der Waals surface area contributed by atoms with Crippen LogP contribution >= 0.6 is 12.4 Å². The van der Waals surface area contributed by atoms with Crippen LogP contribution in [0.25, 0.3) is 0 Å². The predicted octanol–water partition coefficient (Wildman–Crippen LogP) is 2.28. The Hall–Kier alpha value is -1.30. The molecule has 1 saturated heterocycles. The van der Waals surface area contributed by atoms with Gasteiger partial charge < -0.3 is 20.1 Å². The Bertz CT molecular complexity index is 494. The minimum absolute atomic E-state index is 0. The Balaban J connectivity index is 0.00000288. The first-order valence-corrected chi connectivity index (χ1v) is 8.26. The van der Waals surface area contributed by atoms with E-state index in [0.29, 0.717) is 26.2 Å². The predicted molar refractivity (Wildman–Crippen MR) is 98.1 cm³/mol. The van der Waals surface area contributed by atoms with E-state index in [1.165, 1.54) is 5.56 Å². The molecule has 1 aromatic rings. The summed E-state index contributed by atoms with van der Waals surface area (Å²) >= 11 is 0. The highest BCUT2D eigenvalue weighted by molar-refractivity contribution is 5.85. The van der Waals surface area contributed by atoms with Gasteiger partial charge >= 0.3 is 0 Å². The first kappa shape index (κ1) is 20.7. The van der Waals surface area contributed by atoms with Crippen LogP contribution in [0.15, 0.2) is 24.3 Å². The molecule has 0 aliphatic carbocycles. The molecule has 2 rings (SSSR count). The second-order valence-electron chi connectivity index (χ2n) is 6.90. The van der Waals surface area contributed by atoms with Crippen LogP contribution < -0.4 is 15.4 Å². The highest BCUT2D eigenvalue weighted by atomic mass is 35.5. The Labute approximate surface area is 150 Å². The van der Waals surface area contributed by atoms with Gasteiger partial charge in [-0.3, -0.25) is 4.79 Å². The molecule has 0 saturated carbocycles. The number of benzene rings is 1. The summed E-state index contributed by atoms with van der Waals surface area (Å²) in [7, 11) is 0. The number of halogens is 1.